The number of rotatable bonds is 7. The lowest BCUT2D eigenvalue weighted by Crippen LogP contribution is -2.41. The van der Waals surface area contributed by atoms with E-state index in [0.29, 0.717) is 6.42 Å². The molecule has 2 unspecified atom stereocenters. The molecule has 0 spiro atoms. The highest BCUT2D eigenvalue weighted by Crippen LogP contribution is 2.08. The van der Waals surface area contributed by atoms with E-state index in [1.54, 1.807) is 0 Å². The predicted octanol–water partition coefficient (Wildman–Crippen LogP) is 0.865. The molecule has 0 aliphatic carbocycles. The van der Waals surface area contributed by atoms with Gasteiger partial charge < -0.3 is 10.8 Å². The highest BCUT2D eigenvalue weighted by atomic mass is 19.3. The lowest BCUT2D eigenvalue weighted by Gasteiger charge is -2.16. The third-order valence-electron chi connectivity index (χ3n) is 1.78. The summed E-state index contributed by atoms with van der Waals surface area (Å²) < 4.78 is 23.7. The van der Waals surface area contributed by atoms with Crippen LogP contribution in [-0.2, 0) is 4.79 Å². The van der Waals surface area contributed by atoms with E-state index in [1.807, 2.05) is 0 Å². The lowest BCUT2D eigenvalue weighted by atomic mass is 10.0. The van der Waals surface area contributed by atoms with Crippen molar-refractivity contribution in [3.63, 3.8) is 0 Å². The van der Waals surface area contributed by atoms with Crippen LogP contribution in [0.15, 0.2) is 12.7 Å². The van der Waals surface area contributed by atoms with Crippen molar-refractivity contribution in [2.75, 3.05) is 0 Å². The van der Waals surface area contributed by atoms with E-state index in [4.69, 9.17) is 5.73 Å². The number of hydrogen-bond donors (Lipinski definition) is 2. The van der Waals surface area contributed by atoms with Gasteiger partial charge in [-0.2, -0.15) is 0 Å². The Morgan fingerprint density at radius 1 is 1.57 bits per heavy atom. The summed E-state index contributed by atoms with van der Waals surface area (Å²) >= 11 is 0. The third-order valence-corrected chi connectivity index (χ3v) is 1.78. The van der Waals surface area contributed by atoms with Crippen molar-refractivity contribution in [2.45, 2.75) is 37.8 Å². The van der Waals surface area contributed by atoms with Crippen LogP contribution >= 0.6 is 0 Å². The molecule has 0 aliphatic rings. The summed E-state index contributed by atoms with van der Waals surface area (Å²) in [6, 6.07) is -1.19. The molecule has 0 aromatic rings. The summed E-state index contributed by atoms with van der Waals surface area (Å²) in [6.45, 7) is 3.40. The summed E-state index contributed by atoms with van der Waals surface area (Å²) in [4.78, 5) is 11.1. The van der Waals surface area contributed by atoms with Crippen LogP contribution in [0.2, 0.25) is 0 Å². The normalized spacial score (nSPS) is 15.2. The SMILES string of the molecule is C=CCCC(=O)C(O)C(N)CC(F)F. The second-order valence-electron chi connectivity index (χ2n) is 3.03. The van der Waals surface area contributed by atoms with Crippen LogP contribution in [0.3, 0.4) is 0 Å². The van der Waals surface area contributed by atoms with E-state index in [1.165, 1.54) is 6.08 Å². The first-order valence-electron chi connectivity index (χ1n) is 4.34. The Hall–Kier alpha value is -0.810. The van der Waals surface area contributed by atoms with Gasteiger partial charge in [-0.15, -0.1) is 6.58 Å². The van der Waals surface area contributed by atoms with Crippen molar-refractivity contribution in [2.24, 2.45) is 5.73 Å². The molecule has 14 heavy (non-hydrogen) atoms. The molecular weight excluding hydrogens is 192 g/mol. The highest BCUT2D eigenvalue weighted by molar-refractivity contribution is 5.83. The van der Waals surface area contributed by atoms with E-state index in [9.17, 15) is 18.7 Å². The minimum absolute atomic E-state index is 0.0849. The molecule has 0 aromatic carbocycles. The van der Waals surface area contributed by atoms with Gasteiger partial charge in [-0.1, -0.05) is 6.08 Å². The van der Waals surface area contributed by atoms with E-state index < -0.39 is 30.8 Å². The van der Waals surface area contributed by atoms with Gasteiger partial charge in [-0.25, -0.2) is 8.78 Å². The minimum atomic E-state index is -2.60. The minimum Gasteiger partial charge on any atom is -0.384 e. The molecular formula is C9H15F2NO2. The van der Waals surface area contributed by atoms with Crippen molar-refractivity contribution < 1.29 is 18.7 Å². The monoisotopic (exact) mass is 207 g/mol. The topological polar surface area (TPSA) is 63.3 Å². The van der Waals surface area contributed by atoms with Crippen molar-refractivity contribution in [1.82, 2.24) is 0 Å². The Bertz CT molecular complexity index is 197. The fourth-order valence-corrected chi connectivity index (χ4v) is 0.966. The molecule has 0 rings (SSSR count). The summed E-state index contributed by atoms with van der Waals surface area (Å²) in [7, 11) is 0. The van der Waals surface area contributed by atoms with Gasteiger partial charge in [0.05, 0.1) is 0 Å². The Balaban J connectivity index is 3.96. The number of Topliss-reactive ketones (excluding diaryl/α,β-unsaturated/α-hetero) is 1. The fraction of sp³-hybridized carbons (Fsp3) is 0.667. The molecule has 82 valence electrons. The second kappa shape index (κ2) is 6.62. The average Bonchev–Trinajstić information content (AvgIpc) is 2.11. The molecule has 0 saturated heterocycles. The van der Waals surface area contributed by atoms with Gasteiger partial charge in [0.25, 0.3) is 0 Å². The zero-order chi connectivity index (χ0) is 11.1. The quantitative estimate of drug-likeness (QED) is 0.609. The number of nitrogens with two attached hydrogens (primary N) is 1. The smallest absolute Gasteiger partial charge is 0.240 e. The van der Waals surface area contributed by atoms with Crippen LogP contribution in [0.5, 0.6) is 0 Å². The molecule has 3 N–H and O–H groups in total. The number of alkyl halides is 2. The zero-order valence-corrected chi connectivity index (χ0v) is 7.83. The first-order chi connectivity index (χ1) is 6.49. The van der Waals surface area contributed by atoms with Crippen LogP contribution < -0.4 is 5.73 Å². The number of ketones is 1. The Labute approximate surface area is 81.6 Å². The van der Waals surface area contributed by atoms with Crippen LogP contribution in [0.1, 0.15) is 19.3 Å². The van der Waals surface area contributed by atoms with E-state index in [2.05, 4.69) is 6.58 Å². The number of allylic oxidation sites excluding steroid dienone is 1. The van der Waals surface area contributed by atoms with Gasteiger partial charge in [-0.05, 0) is 6.42 Å². The van der Waals surface area contributed by atoms with Crippen molar-refractivity contribution in [3.05, 3.63) is 12.7 Å². The van der Waals surface area contributed by atoms with E-state index in [-0.39, 0.29) is 6.42 Å². The van der Waals surface area contributed by atoms with E-state index in [0.717, 1.165) is 0 Å². The molecule has 0 saturated carbocycles. The number of aliphatic hydroxyl groups excluding tert-OH is 1. The summed E-state index contributed by atoms with van der Waals surface area (Å²) in [6.07, 6.45) is -2.75. The van der Waals surface area contributed by atoms with Crippen molar-refractivity contribution in [1.29, 1.82) is 0 Å². The molecule has 2 atom stereocenters. The van der Waals surface area contributed by atoms with Gasteiger partial charge in [-0.3, -0.25) is 4.79 Å². The lowest BCUT2D eigenvalue weighted by molar-refractivity contribution is -0.128. The third kappa shape index (κ3) is 5.04. The van der Waals surface area contributed by atoms with Crippen LogP contribution in [-0.4, -0.2) is 29.5 Å². The molecule has 0 radical (unpaired) electrons. The Morgan fingerprint density at radius 2 is 2.14 bits per heavy atom. The molecule has 0 aliphatic heterocycles. The predicted molar refractivity (Wildman–Crippen MR) is 49.0 cm³/mol. The molecule has 0 amide bonds. The number of carbonyl (C=O) groups excluding carboxylic acids is 1. The summed E-state index contributed by atoms with van der Waals surface area (Å²) in [5.41, 5.74) is 5.21. The summed E-state index contributed by atoms with van der Waals surface area (Å²) in [5.74, 6) is -0.516. The highest BCUT2D eigenvalue weighted by Gasteiger charge is 2.24. The number of halogens is 2. The van der Waals surface area contributed by atoms with Crippen molar-refractivity contribution in [3.8, 4) is 0 Å². The summed E-state index contributed by atoms with van der Waals surface area (Å²) in [5, 5.41) is 9.22. The van der Waals surface area contributed by atoms with Gasteiger partial charge in [0, 0.05) is 18.9 Å². The molecule has 0 heterocycles. The maximum absolute atomic E-state index is 11.8. The van der Waals surface area contributed by atoms with Gasteiger partial charge in [0.15, 0.2) is 5.78 Å². The van der Waals surface area contributed by atoms with Gasteiger partial charge >= 0.3 is 0 Å². The maximum Gasteiger partial charge on any atom is 0.240 e. The zero-order valence-electron chi connectivity index (χ0n) is 7.83. The maximum atomic E-state index is 11.8. The van der Waals surface area contributed by atoms with Gasteiger partial charge in [0.1, 0.15) is 6.10 Å². The first-order valence-corrected chi connectivity index (χ1v) is 4.34. The van der Waals surface area contributed by atoms with Crippen LogP contribution in [0, 0.1) is 0 Å². The molecule has 5 heteroatoms. The Kier molecular flexibility index (Phi) is 6.23. The van der Waals surface area contributed by atoms with Crippen molar-refractivity contribution >= 4 is 5.78 Å². The molecule has 0 fully saturated rings. The first kappa shape index (κ1) is 13.2. The second-order valence-corrected chi connectivity index (χ2v) is 3.03. The molecule has 0 bridgehead atoms. The Morgan fingerprint density at radius 3 is 2.57 bits per heavy atom. The van der Waals surface area contributed by atoms with Crippen LogP contribution in [0.25, 0.3) is 0 Å². The fourth-order valence-electron chi connectivity index (χ4n) is 0.966. The molecule has 3 nitrogen and oxygen atoms in total. The largest absolute Gasteiger partial charge is 0.384 e. The standard InChI is InChI=1S/C9H15F2NO2/c1-2-3-4-7(13)9(14)6(12)5-8(10)11/h2,6,8-9,14H,1,3-5,12H2. The van der Waals surface area contributed by atoms with Crippen LogP contribution in [0.4, 0.5) is 8.78 Å². The average molecular weight is 207 g/mol. The number of carbonyl (C=O) groups is 1. The number of hydrogen-bond acceptors (Lipinski definition) is 3. The van der Waals surface area contributed by atoms with E-state index >= 15 is 0 Å². The number of aliphatic hydroxyl groups is 1. The van der Waals surface area contributed by atoms with Gasteiger partial charge in [0.2, 0.25) is 6.43 Å². The molecule has 0 aromatic heterocycles.